The van der Waals surface area contributed by atoms with Crippen LogP contribution in [0, 0.1) is 5.82 Å². The van der Waals surface area contributed by atoms with Crippen molar-refractivity contribution in [3.05, 3.63) is 47.8 Å². The molecule has 1 aliphatic heterocycles. The third-order valence-corrected chi connectivity index (χ3v) is 3.81. The molecule has 1 aromatic heterocycles. The number of hydrogen-bond donors (Lipinski definition) is 1. The summed E-state index contributed by atoms with van der Waals surface area (Å²) in [6.07, 6.45) is 1.44. The van der Waals surface area contributed by atoms with E-state index in [0.29, 0.717) is 27.7 Å². The second-order valence-corrected chi connectivity index (χ2v) is 5.80. The van der Waals surface area contributed by atoms with Crippen LogP contribution in [0.1, 0.15) is 11.4 Å². The Balaban J connectivity index is 1.52. The molecule has 1 aromatic carbocycles. The molecule has 11 heteroatoms. The number of halogens is 1. The van der Waals surface area contributed by atoms with Crippen molar-refractivity contribution in [2.45, 2.75) is 13.1 Å². The van der Waals surface area contributed by atoms with Crippen LogP contribution in [0.2, 0.25) is 0 Å². The zero-order chi connectivity index (χ0) is 19.6. The molecule has 1 saturated heterocycles. The highest BCUT2D eigenvalue weighted by molar-refractivity contribution is 6.44. The lowest BCUT2D eigenvalue weighted by molar-refractivity contribution is -0.143. The van der Waals surface area contributed by atoms with Gasteiger partial charge >= 0.3 is 17.8 Å². The number of carbonyl (C=O) groups is 4. The Bertz CT molecular complexity index is 927. The van der Waals surface area contributed by atoms with E-state index in [4.69, 9.17) is 0 Å². The highest BCUT2D eigenvalue weighted by Crippen LogP contribution is 2.09. The van der Waals surface area contributed by atoms with Crippen LogP contribution in [0.5, 0.6) is 0 Å². The van der Waals surface area contributed by atoms with Gasteiger partial charge in [-0.15, -0.1) is 0 Å². The van der Waals surface area contributed by atoms with Crippen molar-refractivity contribution in [1.29, 1.82) is 0 Å². The van der Waals surface area contributed by atoms with Gasteiger partial charge in [-0.25, -0.2) is 23.8 Å². The van der Waals surface area contributed by atoms with Gasteiger partial charge in [-0.2, -0.15) is 5.10 Å². The molecule has 27 heavy (non-hydrogen) atoms. The molecular formula is C16H15FN6O4. The first kappa shape index (κ1) is 18.2. The number of hydrogen-bond acceptors (Lipinski definition) is 6. The fraction of sp³-hybridized carbons (Fsp3) is 0.250. The molecule has 0 unspecified atom stereocenters. The summed E-state index contributed by atoms with van der Waals surface area (Å²) in [5, 5.41) is 6.62. The number of benzene rings is 1. The number of amides is 5. The second kappa shape index (κ2) is 7.32. The van der Waals surface area contributed by atoms with Crippen LogP contribution in [-0.4, -0.2) is 61.9 Å². The minimum Gasteiger partial charge on any atom is -0.347 e. The van der Waals surface area contributed by atoms with E-state index in [1.807, 2.05) is 0 Å². The van der Waals surface area contributed by atoms with Crippen LogP contribution < -0.4 is 5.32 Å². The summed E-state index contributed by atoms with van der Waals surface area (Å²) >= 11 is 0. The lowest BCUT2D eigenvalue weighted by Crippen LogP contribution is -2.41. The average molecular weight is 374 g/mol. The van der Waals surface area contributed by atoms with E-state index in [2.05, 4.69) is 15.4 Å². The van der Waals surface area contributed by atoms with Crippen molar-refractivity contribution in [2.24, 2.45) is 0 Å². The number of nitrogens with one attached hydrogen (secondary N) is 1. The molecule has 140 valence electrons. The number of urea groups is 1. The van der Waals surface area contributed by atoms with Gasteiger partial charge in [0.25, 0.3) is 0 Å². The smallest absolute Gasteiger partial charge is 0.334 e. The molecule has 0 saturated carbocycles. The summed E-state index contributed by atoms with van der Waals surface area (Å²) in [5.41, 5.74) is 0.704. The molecule has 2 heterocycles. The first-order valence-electron chi connectivity index (χ1n) is 7.88. The largest absolute Gasteiger partial charge is 0.347 e. The Morgan fingerprint density at radius 1 is 1.22 bits per heavy atom. The van der Waals surface area contributed by atoms with E-state index in [1.165, 1.54) is 23.1 Å². The Hall–Kier alpha value is -3.63. The van der Waals surface area contributed by atoms with Crippen LogP contribution in [0.25, 0.3) is 0 Å². The van der Waals surface area contributed by atoms with E-state index in [1.54, 1.807) is 12.1 Å². The van der Waals surface area contributed by atoms with Crippen molar-refractivity contribution in [3.8, 4) is 0 Å². The van der Waals surface area contributed by atoms with Crippen LogP contribution in [0.3, 0.4) is 0 Å². The third kappa shape index (κ3) is 3.97. The summed E-state index contributed by atoms with van der Waals surface area (Å²) < 4.78 is 14.7. The zero-order valence-corrected chi connectivity index (χ0v) is 14.3. The summed E-state index contributed by atoms with van der Waals surface area (Å²) in [5.74, 6) is -2.72. The van der Waals surface area contributed by atoms with E-state index < -0.39 is 30.3 Å². The van der Waals surface area contributed by atoms with Crippen LogP contribution in [0.4, 0.5) is 9.18 Å². The maximum atomic E-state index is 13.2. The molecule has 0 radical (unpaired) electrons. The Morgan fingerprint density at radius 3 is 2.67 bits per heavy atom. The SMILES string of the molecule is CN1C(=O)C(=O)N(CC(=O)NCc2ncn(Cc3cccc(F)c3)n2)C1=O. The van der Waals surface area contributed by atoms with Crippen LogP contribution in [0.15, 0.2) is 30.6 Å². The van der Waals surface area contributed by atoms with Crippen LogP contribution >= 0.6 is 0 Å². The molecular weight excluding hydrogens is 359 g/mol. The van der Waals surface area contributed by atoms with Gasteiger partial charge in [-0.05, 0) is 17.7 Å². The number of nitrogens with zero attached hydrogens (tertiary/aromatic N) is 5. The van der Waals surface area contributed by atoms with E-state index >= 15 is 0 Å². The van der Waals surface area contributed by atoms with Gasteiger partial charge in [0.2, 0.25) is 5.91 Å². The number of carbonyl (C=O) groups excluding carboxylic acids is 4. The minimum atomic E-state index is -1.05. The lowest BCUT2D eigenvalue weighted by Gasteiger charge is -2.12. The van der Waals surface area contributed by atoms with Gasteiger partial charge in [-0.1, -0.05) is 12.1 Å². The summed E-state index contributed by atoms with van der Waals surface area (Å²) in [6.45, 7) is -0.295. The van der Waals surface area contributed by atoms with Gasteiger partial charge < -0.3 is 5.32 Å². The zero-order valence-electron chi connectivity index (χ0n) is 14.3. The molecule has 10 nitrogen and oxygen atoms in total. The standard InChI is InChI=1S/C16H15FN6O4/c1-21-14(25)15(26)23(16(21)27)8-13(24)18-6-12-19-9-22(20-12)7-10-3-2-4-11(17)5-10/h2-5,9H,6-8H2,1H3,(H,18,24). The van der Waals surface area contributed by atoms with Gasteiger partial charge in [0, 0.05) is 7.05 Å². The van der Waals surface area contributed by atoms with Gasteiger partial charge in [0.05, 0.1) is 13.1 Å². The molecule has 0 bridgehead atoms. The Morgan fingerprint density at radius 2 is 2.00 bits per heavy atom. The fourth-order valence-electron chi connectivity index (χ4n) is 2.44. The highest BCUT2D eigenvalue weighted by Gasteiger charge is 2.42. The Kier molecular flexibility index (Phi) is 4.92. The number of rotatable bonds is 6. The molecule has 1 N–H and O–H groups in total. The van der Waals surface area contributed by atoms with Crippen molar-refractivity contribution in [2.75, 3.05) is 13.6 Å². The maximum Gasteiger partial charge on any atom is 0.334 e. The number of imide groups is 2. The molecule has 0 spiro atoms. The summed E-state index contributed by atoms with van der Waals surface area (Å²) in [6, 6.07) is 5.21. The topological polar surface area (TPSA) is 118 Å². The van der Waals surface area contributed by atoms with E-state index in [9.17, 15) is 23.6 Å². The average Bonchev–Trinajstić information content (AvgIpc) is 3.15. The molecule has 1 aliphatic rings. The van der Waals surface area contributed by atoms with Gasteiger partial charge in [-0.3, -0.25) is 19.3 Å². The third-order valence-electron chi connectivity index (χ3n) is 3.81. The van der Waals surface area contributed by atoms with Crippen LogP contribution in [-0.2, 0) is 27.5 Å². The van der Waals surface area contributed by atoms with E-state index in [0.717, 1.165) is 7.05 Å². The fourth-order valence-corrected chi connectivity index (χ4v) is 2.44. The van der Waals surface area contributed by atoms with Crippen molar-refractivity contribution in [1.82, 2.24) is 29.9 Å². The van der Waals surface area contributed by atoms with E-state index in [-0.39, 0.29) is 12.4 Å². The molecule has 2 aromatic rings. The normalized spacial score (nSPS) is 14.2. The second-order valence-electron chi connectivity index (χ2n) is 5.80. The predicted molar refractivity (Wildman–Crippen MR) is 87.2 cm³/mol. The molecule has 1 fully saturated rings. The minimum absolute atomic E-state index is 0.0327. The molecule has 0 atom stereocenters. The number of likely N-dealkylation sites (N-methyl/N-ethyl adjacent to an activating group) is 1. The Labute approximate surface area is 152 Å². The first-order valence-corrected chi connectivity index (χ1v) is 7.88. The van der Waals surface area contributed by atoms with Crippen molar-refractivity contribution in [3.63, 3.8) is 0 Å². The predicted octanol–water partition coefficient (Wildman–Crippen LogP) is -0.498. The van der Waals surface area contributed by atoms with Gasteiger partial charge in [0.15, 0.2) is 5.82 Å². The molecule has 0 aliphatic carbocycles. The van der Waals surface area contributed by atoms with Crippen molar-refractivity contribution >= 4 is 23.8 Å². The molecule has 5 amide bonds. The summed E-state index contributed by atoms with van der Waals surface area (Å²) in [4.78, 5) is 51.9. The lowest BCUT2D eigenvalue weighted by atomic mass is 10.2. The van der Waals surface area contributed by atoms with Gasteiger partial charge in [0.1, 0.15) is 18.7 Å². The summed E-state index contributed by atoms with van der Waals surface area (Å²) in [7, 11) is 1.16. The monoisotopic (exact) mass is 374 g/mol. The molecule has 3 rings (SSSR count). The van der Waals surface area contributed by atoms with Crippen molar-refractivity contribution < 1.29 is 23.6 Å². The highest BCUT2D eigenvalue weighted by atomic mass is 19.1. The number of aromatic nitrogens is 3. The quantitative estimate of drug-likeness (QED) is 0.538. The first-order chi connectivity index (χ1) is 12.8. The maximum absolute atomic E-state index is 13.2.